The summed E-state index contributed by atoms with van der Waals surface area (Å²) in [5, 5.41) is 2.62. The second kappa shape index (κ2) is 6.92. The van der Waals surface area contributed by atoms with Crippen LogP contribution < -0.4 is 5.32 Å². The molecule has 0 bridgehead atoms. The summed E-state index contributed by atoms with van der Waals surface area (Å²) < 4.78 is 27.7. The molecule has 6 heteroatoms. The van der Waals surface area contributed by atoms with Gasteiger partial charge in [-0.3, -0.25) is 4.79 Å². The van der Waals surface area contributed by atoms with Crippen LogP contribution in [0, 0.1) is 11.6 Å². The molecule has 2 rings (SSSR count). The molecule has 1 aromatic carbocycles. The molecule has 1 aliphatic heterocycles. The highest BCUT2D eigenvalue weighted by molar-refractivity contribution is 7.99. The van der Waals surface area contributed by atoms with Crippen molar-refractivity contribution in [2.75, 3.05) is 36.5 Å². The zero-order valence-electron chi connectivity index (χ0n) is 11.4. The highest BCUT2D eigenvalue weighted by Gasteiger charge is 2.20. The van der Waals surface area contributed by atoms with E-state index < -0.39 is 11.6 Å². The molecule has 1 aromatic rings. The molecule has 1 aliphatic rings. The lowest BCUT2D eigenvalue weighted by molar-refractivity contribution is 0.0767. The Hall–Kier alpha value is -1.30. The van der Waals surface area contributed by atoms with Gasteiger partial charge in [-0.05, 0) is 31.2 Å². The van der Waals surface area contributed by atoms with Crippen molar-refractivity contribution in [2.24, 2.45) is 0 Å². The summed E-state index contributed by atoms with van der Waals surface area (Å²) in [6, 6.07) is 2.23. The molecule has 1 heterocycles. The van der Waals surface area contributed by atoms with Gasteiger partial charge in [-0.1, -0.05) is 0 Å². The summed E-state index contributed by atoms with van der Waals surface area (Å²) >= 11 is 1.80. The molecular weight excluding hydrogens is 282 g/mol. The van der Waals surface area contributed by atoms with Crippen LogP contribution in [-0.2, 0) is 0 Å². The van der Waals surface area contributed by atoms with E-state index in [2.05, 4.69) is 5.32 Å². The van der Waals surface area contributed by atoms with Crippen LogP contribution in [-0.4, -0.2) is 41.9 Å². The van der Waals surface area contributed by atoms with Gasteiger partial charge in [0.15, 0.2) is 0 Å². The molecule has 0 aliphatic carbocycles. The number of carbonyl (C=O) groups excluding carboxylic acids is 1. The van der Waals surface area contributed by atoms with Crippen molar-refractivity contribution >= 4 is 23.4 Å². The molecule has 0 unspecified atom stereocenters. The number of hydrogen-bond acceptors (Lipinski definition) is 3. The number of thioether (sulfide) groups is 1. The van der Waals surface area contributed by atoms with Crippen LogP contribution in [0.25, 0.3) is 0 Å². The molecule has 1 amide bonds. The van der Waals surface area contributed by atoms with Crippen molar-refractivity contribution in [3.63, 3.8) is 0 Å². The molecule has 3 nitrogen and oxygen atoms in total. The Labute approximate surface area is 121 Å². The number of nitrogens with zero attached hydrogens (tertiary/aromatic N) is 1. The predicted molar refractivity (Wildman–Crippen MR) is 78.4 cm³/mol. The fraction of sp³-hybridized carbons (Fsp3) is 0.500. The summed E-state index contributed by atoms with van der Waals surface area (Å²) in [5.41, 5.74) is -0.0935. The number of anilines is 1. The van der Waals surface area contributed by atoms with Crippen LogP contribution in [0.1, 0.15) is 23.7 Å². The van der Waals surface area contributed by atoms with Crippen molar-refractivity contribution in [3.05, 3.63) is 29.3 Å². The van der Waals surface area contributed by atoms with E-state index in [1.807, 2.05) is 0 Å². The van der Waals surface area contributed by atoms with E-state index in [9.17, 15) is 13.6 Å². The first-order valence-corrected chi connectivity index (χ1v) is 7.89. The molecule has 1 N–H and O–H groups in total. The monoisotopic (exact) mass is 300 g/mol. The van der Waals surface area contributed by atoms with Gasteiger partial charge in [-0.25, -0.2) is 8.78 Å². The number of halogens is 2. The maximum atomic E-state index is 13.8. The average molecular weight is 300 g/mol. The van der Waals surface area contributed by atoms with Gasteiger partial charge in [0.2, 0.25) is 0 Å². The van der Waals surface area contributed by atoms with Gasteiger partial charge in [0.05, 0.1) is 0 Å². The van der Waals surface area contributed by atoms with Crippen LogP contribution in [0.5, 0.6) is 0 Å². The zero-order valence-corrected chi connectivity index (χ0v) is 12.2. The molecule has 0 spiro atoms. The van der Waals surface area contributed by atoms with Gasteiger partial charge in [0.25, 0.3) is 5.91 Å². The smallest absolute Gasteiger partial charge is 0.254 e. The lowest BCUT2D eigenvalue weighted by Gasteiger charge is -2.20. The Kier molecular flexibility index (Phi) is 5.23. The lowest BCUT2D eigenvalue weighted by Crippen LogP contribution is -2.33. The molecule has 0 atom stereocenters. The Balaban J connectivity index is 2.21. The molecule has 1 fully saturated rings. The summed E-state index contributed by atoms with van der Waals surface area (Å²) in [6.45, 7) is 3.45. The van der Waals surface area contributed by atoms with Gasteiger partial charge >= 0.3 is 0 Å². The van der Waals surface area contributed by atoms with Crippen LogP contribution in [0.3, 0.4) is 0 Å². The molecule has 0 aromatic heterocycles. The number of nitrogens with one attached hydrogen (secondary N) is 1. The molecular formula is C14H18F2N2OS. The van der Waals surface area contributed by atoms with E-state index in [1.165, 1.54) is 0 Å². The SMILES string of the molecule is CCNc1c(F)cc(C(=O)N2CCCSCC2)cc1F. The first-order chi connectivity index (χ1) is 9.63. The third-order valence-electron chi connectivity index (χ3n) is 3.15. The number of benzene rings is 1. The van der Waals surface area contributed by atoms with Crippen molar-refractivity contribution in [1.82, 2.24) is 4.90 Å². The van der Waals surface area contributed by atoms with E-state index in [-0.39, 0.29) is 17.2 Å². The lowest BCUT2D eigenvalue weighted by atomic mass is 10.1. The standard InChI is InChI=1S/C14H18F2N2OS/c1-2-17-13-11(15)8-10(9-12(13)16)14(19)18-4-3-6-20-7-5-18/h8-9,17H,2-7H2,1H3. The first kappa shape index (κ1) is 15.1. The van der Waals surface area contributed by atoms with Gasteiger partial charge in [-0.2, -0.15) is 11.8 Å². The van der Waals surface area contributed by atoms with E-state index in [1.54, 1.807) is 23.6 Å². The number of carbonyl (C=O) groups is 1. The summed E-state index contributed by atoms with van der Waals surface area (Å²) in [5.74, 6) is 0.144. The Bertz CT molecular complexity index is 465. The highest BCUT2D eigenvalue weighted by atomic mass is 32.2. The molecule has 0 saturated carbocycles. The summed E-state index contributed by atoms with van der Waals surface area (Å²) in [6.07, 6.45) is 0.914. The van der Waals surface area contributed by atoms with Crippen molar-refractivity contribution < 1.29 is 13.6 Å². The second-order valence-electron chi connectivity index (χ2n) is 4.60. The minimum atomic E-state index is -0.723. The molecule has 1 saturated heterocycles. The Morgan fingerprint density at radius 3 is 2.65 bits per heavy atom. The third kappa shape index (κ3) is 3.42. The summed E-state index contributed by atoms with van der Waals surface area (Å²) in [4.78, 5) is 14.0. The number of hydrogen-bond donors (Lipinski definition) is 1. The number of amides is 1. The van der Waals surface area contributed by atoms with Crippen molar-refractivity contribution in [2.45, 2.75) is 13.3 Å². The minimum absolute atomic E-state index is 0.0774. The van der Waals surface area contributed by atoms with Crippen LogP contribution in [0.2, 0.25) is 0 Å². The topological polar surface area (TPSA) is 32.3 Å². The molecule has 20 heavy (non-hydrogen) atoms. The fourth-order valence-electron chi connectivity index (χ4n) is 2.17. The van der Waals surface area contributed by atoms with E-state index in [4.69, 9.17) is 0 Å². The normalized spacial score (nSPS) is 15.8. The predicted octanol–water partition coefficient (Wildman–Crippen LogP) is 2.98. The van der Waals surface area contributed by atoms with E-state index >= 15 is 0 Å². The van der Waals surface area contributed by atoms with Crippen LogP contribution in [0.15, 0.2) is 12.1 Å². The van der Waals surface area contributed by atoms with Crippen LogP contribution in [0.4, 0.5) is 14.5 Å². The van der Waals surface area contributed by atoms with E-state index in [0.29, 0.717) is 19.6 Å². The Morgan fingerprint density at radius 2 is 2.00 bits per heavy atom. The second-order valence-corrected chi connectivity index (χ2v) is 5.83. The van der Waals surface area contributed by atoms with Gasteiger partial charge in [0.1, 0.15) is 17.3 Å². The number of rotatable bonds is 3. The van der Waals surface area contributed by atoms with Crippen LogP contribution >= 0.6 is 11.8 Å². The zero-order chi connectivity index (χ0) is 14.5. The highest BCUT2D eigenvalue weighted by Crippen LogP contribution is 2.22. The maximum absolute atomic E-state index is 13.8. The average Bonchev–Trinajstić information content (AvgIpc) is 2.70. The van der Waals surface area contributed by atoms with Gasteiger partial charge < -0.3 is 10.2 Å². The van der Waals surface area contributed by atoms with Crippen molar-refractivity contribution in [3.8, 4) is 0 Å². The molecule has 0 radical (unpaired) electrons. The third-order valence-corrected chi connectivity index (χ3v) is 4.20. The molecule has 110 valence electrons. The minimum Gasteiger partial charge on any atom is -0.381 e. The quantitative estimate of drug-likeness (QED) is 0.931. The van der Waals surface area contributed by atoms with E-state index in [0.717, 1.165) is 30.1 Å². The maximum Gasteiger partial charge on any atom is 0.254 e. The van der Waals surface area contributed by atoms with Crippen molar-refractivity contribution in [1.29, 1.82) is 0 Å². The summed E-state index contributed by atoms with van der Waals surface area (Å²) in [7, 11) is 0. The first-order valence-electron chi connectivity index (χ1n) is 6.73. The van der Waals surface area contributed by atoms with Gasteiger partial charge in [-0.15, -0.1) is 0 Å². The largest absolute Gasteiger partial charge is 0.381 e. The fourth-order valence-corrected chi connectivity index (χ4v) is 3.06. The van der Waals surface area contributed by atoms with Gasteiger partial charge in [0, 0.05) is 31.0 Å². The Morgan fingerprint density at radius 1 is 1.30 bits per heavy atom.